The number of hydrogen-bond acceptors (Lipinski definition) is 3. The number of fused-ring (bicyclic) bond motifs is 1. The second kappa shape index (κ2) is 7.31. The molecule has 0 bridgehead atoms. The molecular weight excluding hydrogens is 345 g/mol. The smallest absolute Gasteiger partial charge is 0.261 e. The van der Waals surface area contributed by atoms with Crippen LogP contribution in [0.25, 0.3) is 10.9 Å². The number of aryl methyl sites for hydroxylation is 3. The topological polar surface area (TPSA) is 64.0 Å². The summed E-state index contributed by atoms with van der Waals surface area (Å²) >= 11 is 0. The Morgan fingerprint density at radius 3 is 2.59 bits per heavy atom. The molecule has 1 heterocycles. The van der Waals surface area contributed by atoms with Gasteiger partial charge in [0.2, 0.25) is 5.91 Å². The second-order valence-electron chi connectivity index (χ2n) is 6.92. The fraction of sp³-hybridized carbons (Fsp3) is 0.286. The average Bonchev–Trinajstić information content (AvgIpc) is 2.60. The fourth-order valence-corrected chi connectivity index (χ4v) is 3.21. The van der Waals surface area contributed by atoms with Crippen LogP contribution in [0.4, 0.5) is 4.39 Å². The summed E-state index contributed by atoms with van der Waals surface area (Å²) < 4.78 is 14.5. The first-order chi connectivity index (χ1) is 12.8. The van der Waals surface area contributed by atoms with Crippen LogP contribution in [0.5, 0.6) is 0 Å². The van der Waals surface area contributed by atoms with Crippen molar-refractivity contribution in [2.75, 3.05) is 0 Å². The number of amides is 1. The lowest BCUT2D eigenvalue weighted by atomic mass is 9.96. The van der Waals surface area contributed by atoms with Crippen LogP contribution in [0.1, 0.15) is 35.2 Å². The molecule has 1 N–H and O–H groups in total. The molecule has 0 fully saturated rings. The van der Waals surface area contributed by atoms with E-state index in [4.69, 9.17) is 0 Å². The van der Waals surface area contributed by atoms with E-state index in [0.29, 0.717) is 0 Å². The third kappa shape index (κ3) is 3.89. The Morgan fingerprint density at radius 1 is 1.15 bits per heavy atom. The third-order valence-corrected chi connectivity index (χ3v) is 4.83. The van der Waals surface area contributed by atoms with Crippen LogP contribution in [0.15, 0.2) is 41.5 Å². The van der Waals surface area contributed by atoms with Crippen molar-refractivity contribution >= 4 is 16.8 Å². The lowest BCUT2D eigenvalue weighted by Crippen LogP contribution is -2.34. The number of benzene rings is 2. The molecule has 0 aliphatic rings. The van der Waals surface area contributed by atoms with Gasteiger partial charge in [-0.15, -0.1) is 0 Å². The third-order valence-electron chi connectivity index (χ3n) is 4.83. The molecule has 1 aromatic heterocycles. The van der Waals surface area contributed by atoms with E-state index in [-0.39, 0.29) is 35.0 Å². The van der Waals surface area contributed by atoms with Crippen molar-refractivity contribution in [3.63, 3.8) is 0 Å². The molecule has 0 saturated carbocycles. The fourth-order valence-electron chi connectivity index (χ4n) is 3.21. The molecule has 5 nitrogen and oxygen atoms in total. The number of rotatable bonds is 4. The maximum Gasteiger partial charge on any atom is 0.261 e. The number of carbonyl (C=O) groups excluding carboxylic acids is 1. The van der Waals surface area contributed by atoms with E-state index in [2.05, 4.69) is 29.4 Å². The number of halogens is 1. The molecule has 1 atom stereocenters. The molecule has 3 aromatic rings. The van der Waals surface area contributed by atoms with Crippen molar-refractivity contribution < 1.29 is 9.18 Å². The van der Waals surface area contributed by atoms with Gasteiger partial charge in [0.1, 0.15) is 12.4 Å². The molecule has 2 aromatic carbocycles. The normalized spacial score (nSPS) is 12.2. The molecular formula is C21H22FN3O2. The number of aromatic nitrogens is 2. The summed E-state index contributed by atoms with van der Waals surface area (Å²) in [7, 11) is 0. The minimum absolute atomic E-state index is 0.145. The summed E-state index contributed by atoms with van der Waals surface area (Å²) in [5, 5.41) is 3.21. The summed E-state index contributed by atoms with van der Waals surface area (Å²) in [6, 6.07) is 7.79. The highest BCUT2D eigenvalue weighted by Crippen LogP contribution is 2.21. The molecule has 0 aliphatic carbocycles. The average molecular weight is 367 g/mol. The highest BCUT2D eigenvalue weighted by atomic mass is 19.1. The van der Waals surface area contributed by atoms with Crippen molar-refractivity contribution in [1.82, 2.24) is 14.9 Å². The lowest BCUT2D eigenvalue weighted by Gasteiger charge is -2.19. The maximum atomic E-state index is 13.3. The van der Waals surface area contributed by atoms with Crippen molar-refractivity contribution in [2.45, 2.75) is 40.3 Å². The van der Waals surface area contributed by atoms with E-state index in [9.17, 15) is 14.0 Å². The molecule has 0 unspecified atom stereocenters. The van der Waals surface area contributed by atoms with Gasteiger partial charge in [0.15, 0.2) is 0 Å². The number of nitrogens with zero attached hydrogens (tertiary/aromatic N) is 2. The standard InChI is InChI=1S/C21H22FN3O2/c1-12-7-14(3)18(8-13(12)2)15(4)24-20(26)10-25-11-23-19-9-16(22)5-6-17(19)21(25)27/h5-9,11,15H,10H2,1-4H3,(H,24,26)/t15-/m0/s1. The monoisotopic (exact) mass is 367 g/mol. The summed E-state index contributed by atoms with van der Waals surface area (Å²) in [5.41, 5.74) is 4.43. The molecule has 140 valence electrons. The van der Waals surface area contributed by atoms with Gasteiger partial charge in [-0.2, -0.15) is 0 Å². The van der Waals surface area contributed by atoms with Gasteiger partial charge in [-0.25, -0.2) is 9.37 Å². The zero-order valence-electron chi connectivity index (χ0n) is 15.8. The zero-order valence-corrected chi connectivity index (χ0v) is 15.8. The highest BCUT2D eigenvalue weighted by Gasteiger charge is 2.14. The van der Waals surface area contributed by atoms with Crippen LogP contribution >= 0.6 is 0 Å². The van der Waals surface area contributed by atoms with Gasteiger partial charge in [-0.1, -0.05) is 12.1 Å². The lowest BCUT2D eigenvalue weighted by molar-refractivity contribution is -0.122. The van der Waals surface area contributed by atoms with Crippen LogP contribution in [0.2, 0.25) is 0 Å². The van der Waals surface area contributed by atoms with Gasteiger partial charge in [-0.3, -0.25) is 14.2 Å². The van der Waals surface area contributed by atoms with Crippen LogP contribution < -0.4 is 10.9 Å². The van der Waals surface area contributed by atoms with Gasteiger partial charge < -0.3 is 5.32 Å². The Hall–Kier alpha value is -3.02. The van der Waals surface area contributed by atoms with E-state index in [1.165, 1.54) is 40.2 Å². The first kappa shape index (κ1) is 18.8. The Bertz CT molecular complexity index is 1090. The quantitative estimate of drug-likeness (QED) is 0.769. The molecule has 3 rings (SSSR count). The predicted molar refractivity (Wildman–Crippen MR) is 103 cm³/mol. The first-order valence-electron chi connectivity index (χ1n) is 8.78. The Balaban J connectivity index is 1.79. The highest BCUT2D eigenvalue weighted by molar-refractivity contribution is 5.79. The molecule has 0 spiro atoms. The minimum atomic E-state index is -0.456. The number of hydrogen-bond donors (Lipinski definition) is 1. The predicted octanol–water partition coefficient (Wildman–Crippen LogP) is 3.34. The molecule has 6 heteroatoms. The first-order valence-corrected chi connectivity index (χ1v) is 8.78. The van der Waals surface area contributed by atoms with Gasteiger partial charge in [0.05, 0.1) is 23.3 Å². The summed E-state index contributed by atoms with van der Waals surface area (Å²) in [6.45, 7) is 7.88. The van der Waals surface area contributed by atoms with E-state index in [1.54, 1.807) is 0 Å². The van der Waals surface area contributed by atoms with Crippen molar-refractivity contribution in [3.8, 4) is 0 Å². The van der Waals surface area contributed by atoms with Crippen molar-refractivity contribution in [2.24, 2.45) is 0 Å². The number of nitrogens with one attached hydrogen (secondary N) is 1. The SMILES string of the molecule is Cc1cc(C)c([C@H](C)NC(=O)Cn2cnc3cc(F)ccc3c2=O)cc1C. The van der Waals surface area contributed by atoms with Gasteiger partial charge in [0, 0.05) is 6.07 Å². The minimum Gasteiger partial charge on any atom is -0.348 e. The zero-order chi connectivity index (χ0) is 19.7. The van der Waals surface area contributed by atoms with Crippen LogP contribution in [-0.2, 0) is 11.3 Å². The van der Waals surface area contributed by atoms with Crippen LogP contribution in [-0.4, -0.2) is 15.5 Å². The second-order valence-corrected chi connectivity index (χ2v) is 6.92. The van der Waals surface area contributed by atoms with E-state index < -0.39 is 5.82 Å². The van der Waals surface area contributed by atoms with Crippen LogP contribution in [0.3, 0.4) is 0 Å². The van der Waals surface area contributed by atoms with Crippen LogP contribution in [0, 0.1) is 26.6 Å². The Kier molecular flexibility index (Phi) is 5.08. The largest absolute Gasteiger partial charge is 0.348 e. The Morgan fingerprint density at radius 2 is 1.85 bits per heavy atom. The summed E-state index contributed by atoms with van der Waals surface area (Å²) in [4.78, 5) is 29.0. The van der Waals surface area contributed by atoms with E-state index in [1.807, 2.05) is 20.8 Å². The molecule has 0 aliphatic heterocycles. The van der Waals surface area contributed by atoms with Gasteiger partial charge >= 0.3 is 0 Å². The van der Waals surface area contributed by atoms with Gasteiger partial charge in [0.25, 0.3) is 5.56 Å². The van der Waals surface area contributed by atoms with E-state index in [0.717, 1.165) is 11.1 Å². The maximum absolute atomic E-state index is 13.3. The summed E-state index contributed by atoms with van der Waals surface area (Å²) in [6.07, 6.45) is 1.27. The van der Waals surface area contributed by atoms with Crippen molar-refractivity contribution in [1.29, 1.82) is 0 Å². The Labute approximate surface area is 156 Å². The van der Waals surface area contributed by atoms with Crippen molar-refractivity contribution in [3.05, 3.63) is 75.1 Å². The van der Waals surface area contributed by atoms with E-state index >= 15 is 0 Å². The molecule has 27 heavy (non-hydrogen) atoms. The molecule has 1 amide bonds. The van der Waals surface area contributed by atoms with Gasteiger partial charge in [-0.05, 0) is 62.1 Å². The molecule has 0 saturated heterocycles. The molecule has 0 radical (unpaired) electrons. The number of carbonyl (C=O) groups is 1. The summed E-state index contributed by atoms with van der Waals surface area (Å²) in [5.74, 6) is -0.743.